The predicted octanol–water partition coefficient (Wildman–Crippen LogP) is 0.938. The van der Waals surface area contributed by atoms with Crippen molar-refractivity contribution in [2.75, 3.05) is 0 Å². The molecule has 0 saturated carbocycles. The lowest BCUT2D eigenvalue weighted by atomic mass is 10.1. The fourth-order valence-electron chi connectivity index (χ4n) is 1.77. The van der Waals surface area contributed by atoms with E-state index in [1.807, 2.05) is 0 Å². The summed E-state index contributed by atoms with van der Waals surface area (Å²) >= 11 is 0. The van der Waals surface area contributed by atoms with Crippen molar-refractivity contribution in [3.63, 3.8) is 0 Å². The summed E-state index contributed by atoms with van der Waals surface area (Å²) in [6.07, 6.45) is 0.562. The molecule has 0 spiro atoms. The Kier molecular flexibility index (Phi) is 6.18. The molecule has 0 heterocycles. The maximum atomic E-state index is 12.0. The van der Waals surface area contributed by atoms with Crippen LogP contribution in [0.4, 0.5) is 5.69 Å². The summed E-state index contributed by atoms with van der Waals surface area (Å²) in [4.78, 5) is 44.7. The molecule has 22 heavy (non-hydrogen) atoms. The van der Waals surface area contributed by atoms with E-state index in [2.05, 4.69) is 5.32 Å². The number of primary amides is 1. The van der Waals surface area contributed by atoms with Gasteiger partial charge in [0.25, 0.3) is 11.6 Å². The number of hydrogen-bond donors (Lipinski definition) is 2. The second-order valence-electron chi connectivity index (χ2n) is 4.67. The maximum absolute atomic E-state index is 12.0. The summed E-state index contributed by atoms with van der Waals surface area (Å²) in [6, 6.07) is 4.11. The molecule has 0 bridgehead atoms. The summed E-state index contributed by atoms with van der Waals surface area (Å²) in [5.74, 6) is -1.46. The van der Waals surface area contributed by atoms with Gasteiger partial charge in [0, 0.05) is 30.5 Å². The van der Waals surface area contributed by atoms with E-state index in [1.54, 1.807) is 6.92 Å². The first-order valence-electron chi connectivity index (χ1n) is 6.71. The fraction of sp³-hybridized carbons (Fsp3) is 0.357. The molecule has 8 heteroatoms. The lowest BCUT2D eigenvalue weighted by Crippen LogP contribution is -2.44. The van der Waals surface area contributed by atoms with Crippen LogP contribution in [0.5, 0.6) is 0 Å². The zero-order valence-electron chi connectivity index (χ0n) is 12.1. The quantitative estimate of drug-likeness (QED) is 0.544. The lowest BCUT2D eigenvalue weighted by molar-refractivity contribution is -0.384. The number of non-ortho nitro benzene ring substituents is 1. The molecule has 8 nitrogen and oxygen atoms in total. The van der Waals surface area contributed by atoms with Gasteiger partial charge in [-0.2, -0.15) is 0 Å². The molecule has 1 atom stereocenters. The number of benzene rings is 1. The first kappa shape index (κ1) is 17.3. The summed E-state index contributed by atoms with van der Waals surface area (Å²) in [7, 11) is 0. The van der Waals surface area contributed by atoms with E-state index in [4.69, 9.17) is 5.73 Å². The van der Waals surface area contributed by atoms with Crippen LogP contribution < -0.4 is 11.1 Å². The molecule has 1 aromatic carbocycles. The highest BCUT2D eigenvalue weighted by Crippen LogP contribution is 2.13. The molecule has 1 rings (SSSR count). The van der Waals surface area contributed by atoms with Crippen molar-refractivity contribution in [1.82, 2.24) is 5.32 Å². The number of carbonyl (C=O) groups is 3. The van der Waals surface area contributed by atoms with Gasteiger partial charge in [0.1, 0.15) is 11.8 Å². The first-order valence-corrected chi connectivity index (χ1v) is 6.71. The highest BCUT2D eigenvalue weighted by atomic mass is 16.6. The zero-order chi connectivity index (χ0) is 16.7. The van der Waals surface area contributed by atoms with Gasteiger partial charge >= 0.3 is 0 Å². The number of ketones is 1. The van der Waals surface area contributed by atoms with Crippen LogP contribution in [0.1, 0.15) is 36.5 Å². The minimum Gasteiger partial charge on any atom is -0.368 e. The average Bonchev–Trinajstić information content (AvgIpc) is 2.50. The van der Waals surface area contributed by atoms with Crippen LogP contribution in [0.25, 0.3) is 0 Å². The SMILES string of the molecule is CCC(=O)CC[C@H](NC(=O)c1cccc([N+](=O)[O-])c1)C(N)=O. The molecule has 1 aromatic rings. The van der Waals surface area contributed by atoms with Crippen molar-refractivity contribution in [3.8, 4) is 0 Å². The largest absolute Gasteiger partial charge is 0.368 e. The molecule has 0 unspecified atom stereocenters. The van der Waals surface area contributed by atoms with Crippen molar-refractivity contribution in [3.05, 3.63) is 39.9 Å². The van der Waals surface area contributed by atoms with Crippen LogP contribution in [0, 0.1) is 10.1 Å². The van der Waals surface area contributed by atoms with Crippen LogP contribution in [-0.2, 0) is 9.59 Å². The van der Waals surface area contributed by atoms with Crippen molar-refractivity contribution in [1.29, 1.82) is 0 Å². The van der Waals surface area contributed by atoms with Crippen molar-refractivity contribution in [2.24, 2.45) is 5.73 Å². The Bertz CT molecular complexity index is 600. The number of amides is 2. The number of nitro groups is 1. The molecule has 0 aliphatic rings. The number of nitrogens with one attached hydrogen (secondary N) is 1. The Balaban J connectivity index is 2.78. The fourth-order valence-corrected chi connectivity index (χ4v) is 1.77. The Hall–Kier alpha value is -2.77. The van der Waals surface area contributed by atoms with Gasteiger partial charge in [-0.1, -0.05) is 13.0 Å². The molecule has 0 aliphatic carbocycles. The van der Waals surface area contributed by atoms with E-state index in [-0.39, 0.29) is 29.9 Å². The van der Waals surface area contributed by atoms with Gasteiger partial charge in [0.15, 0.2) is 0 Å². The van der Waals surface area contributed by atoms with Crippen LogP contribution in [0.15, 0.2) is 24.3 Å². The number of Topliss-reactive ketones (excluding diaryl/α,β-unsaturated/α-hetero) is 1. The third kappa shape index (κ3) is 4.97. The number of rotatable bonds is 8. The van der Waals surface area contributed by atoms with E-state index < -0.39 is 22.8 Å². The van der Waals surface area contributed by atoms with E-state index in [0.29, 0.717) is 6.42 Å². The molecule has 0 saturated heterocycles. The molecule has 118 valence electrons. The molecule has 0 aliphatic heterocycles. The van der Waals surface area contributed by atoms with Crippen LogP contribution >= 0.6 is 0 Å². The minimum atomic E-state index is -0.998. The van der Waals surface area contributed by atoms with E-state index >= 15 is 0 Å². The monoisotopic (exact) mass is 307 g/mol. The average molecular weight is 307 g/mol. The Morgan fingerprint density at radius 1 is 1.36 bits per heavy atom. The molecular formula is C14H17N3O5. The predicted molar refractivity (Wildman–Crippen MR) is 78.1 cm³/mol. The molecular weight excluding hydrogens is 290 g/mol. The molecule has 0 fully saturated rings. The molecule has 0 radical (unpaired) electrons. The van der Waals surface area contributed by atoms with Gasteiger partial charge in [-0.25, -0.2) is 0 Å². The Labute approximate surface area is 126 Å². The van der Waals surface area contributed by atoms with Crippen LogP contribution in [0.3, 0.4) is 0 Å². The van der Waals surface area contributed by atoms with Crippen LogP contribution in [-0.4, -0.2) is 28.6 Å². The number of nitrogens with two attached hydrogens (primary N) is 1. The van der Waals surface area contributed by atoms with E-state index in [1.165, 1.54) is 18.2 Å². The summed E-state index contributed by atoms with van der Waals surface area (Å²) in [6.45, 7) is 1.70. The number of carbonyl (C=O) groups excluding carboxylic acids is 3. The lowest BCUT2D eigenvalue weighted by Gasteiger charge is -2.15. The van der Waals surface area contributed by atoms with Crippen LogP contribution in [0.2, 0.25) is 0 Å². The summed E-state index contributed by atoms with van der Waals surface area (Å²) in [5, 5.41) is 13.1. The normalized spacial score (nSPS) is 11.5. The third-order valence-corrected chi connectivity index (χ3v) is 3.07. The Morgan fingerprint density at radius 2 is 2.05 bits per heavy atom. The van der Waals surface area contributed by atoms with E-state index in [0.717, 1.165) is 6.07 Å². The van der Waals surface area contributed by atoms with Crippen molar-refractivity contribution < 1.29 is 19.3 Å². The highest BCUT2D eigenvalue weighted by molar-refractivity contribution is 5.97. The number of nitrogens with zero attached hydrogens (tertiary/aromatic N) is 1. The smallest absolute Gasteiger partial charge is 0.270 e. The second-order valence-corrected chi connectivity index (χ2v) is 4.67. The highest BCUT2D eigenvalue weighted by Gasteiger charge is 2.20. The zero-order valence-corrected chi connectivity index (χ0v) is 12.1. The molecule has 2 amide bonds. The van der Waals surface area contributed by atoms with Gasteiger partial charge in [0.05, 0.1) is 4.92 Å². The standard InChI is InChI=1S/C14H17N3O5/c1-2-11(18)6-7-12(13(15)19)16-14(20)9-4-3-5-10(8-9)17(21)22/h3-5,8,12H,2,6-7H2,1H3,(H2,15,19)(H,16,20)/t12-/m0/s1. The topological polar surface area (TPSA) is 132 Å². The Morgan fingerprint density at radius 3 is 2.59 bits per heavy atom. The maximum Gasteiger partial charge on any atom is 0.270 e. The molecule has 3 N–H and O–H groups in total. The van der Waals surface area contributed by atoms with Crippen molar-refractivity contribution >= 4 is 23.3 Å². The van der Waals surface area contributed by atoms with Gasteiger partial charge in [-0.05, 0) is 12.5 Å². The first-order chi connectivity index (χ1) is 10.3. The van der Waals surface area contributed by atoms with Crippen molar-refractivity contribution in [2.45, 2.75) is 32.2 Å². The van der Waals surface area contributed by atoms with Gasteiger partial charge < -0.3 is 11.1 Å². The summed E-state index contributed by atoms with van der Waals surface area (Å²) < 4.78 is 0. The van der Waals surface area contributed by atoms with Gasteiger partial charge in [-0.15, -0.1) is 0 Å². The van der Waals surface area contributed by atoms with E-state index in [9.17, 15) is 24.5 Å². The third-order valence-electron chi connectivity index (χ3n) is 3.07. The minimum absolute atomic E-state index is 0.0438. The second kappa shape index (κ2) is 7.87. The number of nitro benzene ring substituents is 1. The summed E-state index contributed by atoms with van der Waals surface area (Å²) in [5.41, 5.74) is 5.01. The number of hydrogen-bond acceptors (Lipinski definition) is 5. The van der Waals surface area contributed by atoms with Gasteiger partial charge in [0.2, 0.25) is 5.91 Å². The van der Waals surface area contributed by atoms with Gasteiger partial charge in [-0.3, -0.25) is 24.5 Å². The molecule has 0 aromatic heterocycles.